The molecule has 0 unspecified atom stereocenters. The van der Waals surface area contributed by atoms with E-state index in [1.165, 1.54) is 24.3 Å². The highest BCUT2D eigenvalue weighted by atomic mass is 79.9. The molecule has 5 nitrogen and oxygen atoms in total. The number of nitrogens with zero attached hydrogens (tertiary/aromatic N) is 2. The van der Waals surface area contributed by atoms with Gasteiger partial charge in [0.1, 0.15) is 0 Å². The molecule has 1 aromatic heterocycles. The van der Waals surface area contributed by atoms with Crippen molar-refractivity contribution in [1.82, 2.24) is 9.78 Å². The summed E-state index contributed by atoms with van der Waals surface area (Å²) >= 11 is 3.32. The summed E-state index contributed by atoms with van der Waals surface area (Å²) in [5, 5.41) is 8.75. The van der Waals surface area contributed by atoms with Gasteiger partial charge in [0.15, 0.2) is 5.69 Å². The van der Waals surface area contributed by atoms with E-state index in [9.17, 15) is 21.6 Å². The van der Waals surface area contributed by atoms with Gasteiger partial charge in [0.25, 0.3) is 0 Å². The van der Waals surface area contributed by atoms with Crippen molar-refractivity contribution in [2.45, 2.75) is 18.0 Å². The molecule has 1 heterocycles. The van der Waals surface area contributed by atoms with E-state index in [0.29, 0.717) is 10.0 Å². The summed E-state index contributed by atoms with van der Waals surface area (Å²) < 4.78 is 64.3. The zero-order chi connectivity index (χ0) is 20.0. The zero-order valence-electron chi connectivity index (χ0n) is 13.8. The molecule has 0 amide bonds. The fourth-order valence-corrected chi connectivity index (χ4v) is 3.43. The lowest BCUT2D eigenvalue weighted by molar-refractivity contribution is -0.141. The summed E-state index contributed by atoms with van der Waals surface area (Å²) in [6.45, 7) is 1.77. The number of sulfonamides is 1. The third kappa shape index (κ3) is 4.07. The molecular weight excluding hydrogens is 447 g/mol. The van der Waals surface area contributed by atoms with Crippen molar-refractivity contribution in [2.75, 3.05) is 0 Å². The molecule has 0 fully saturated rings. The molecule has 0 atom stereocenters. The number of aromatic nitrogens is 2. The highest BCUT2D eigenvalue weighted by Crippen LogP contribution is 2.35. The largest absolute Gasteiger partial charge is 0.435 e. The summed E-state index contributed by atoms with van der Waals surface area (Å²) in [7, 11) is -3.91. The number of benzene rings is 2. The standard InChI is InChI=1S/C17H13BrF3N3O2S/c1-10-2-3-11(18)8-14(10)15-9-16(17(19,20)21)23-24(15)12-4-6-13(7-5-12)27(22,25)26/h2-9H,1H3,(H2,22,25,26). The van der Waals surface area contributed by atoms with Crippen LogP contribution in [-0.4, -0.2) is 18.2 Å². The molecule has 0 saturated heterocycles. The Labute approximate surface area is 161 Å². The summed E-state index contributed by atoms with van der Waals surface area (Å²) in [5.41, 5.74) is 0.765. The summed E-state index contributed by atoms with van der Waals surface area (Å²) in [6, 6.07) is 11.4. The van der Waals surface area contributed by atoms with Crippen molar-refractivity contribution >= 4 is 26.0 Å². The zero-order valence-corrected chi connectivity index (χ0v) is 16.2. The molecule has 0 radical (unpaired) electrons. The van der Waals surface area contributed by atoms with Crippen LogP contribution in [0, 0.1) is 6.92 Å². The molecule has 2 N–H and O–H groups in total. The third-order valence-corrected chi connectivity index (χ3v) is 5.31. The van der Waals surface area contributed by atoms with Crippen LogP contribution in [0.2, 0.25) is 0 Å². The van der Waals surface area contributed by atoms with Gasteiger partial charge in [0.05, 0.1) is 16.3 Å². The number of hydrogen-bond acceptors (Lipinski definition) is 3. The fraction of sp³-hybridized carbons (Fsp3) is 0.118. The van der Waals surface area contributed by atoms with Gasteiger partial charge in [-0.05, 0) is 55.0 Å². The maximum absolute atomic E-state index is 13.2. The van der Waals surface area contributed by atoms with E-state index in [4.69, 9.17) is 5.14 Å². The highest BCUT2D eigenvalue weighted by molar-refractivity contribution is 9.10. The van der Waals surface area contributed by atoms with Gasteiger partial charge in [-0.1, -0.05) is 22.0 Å². The molecule has 0 bridgehead atoms. The third-order valence-electron chi connectivity index (χ3n) is 3.89. The van der Waals surface area contributed by atoms with Gasteiger partial charge < -0.3 is 0 Å². The van der Waals surface area contributed by atoms with Crippen molar-refractivity contribution in [3.8, 4) is 16.9 Å². The van der Waals surface area contributed by atoms with Gasteiger partial charge in [0, 0.05) is 10.0 Å². The quantitative estimate of drug-likeness (QED) is 0.634. The first-order valence-corrected chi connectivity index (χ1v) is 9.88. The second-order valence-electron chi connectivity index (χ2n) is 5.82. The van der Waals surface area contributed by atoms with Crippen LogP contribution in [0.25, 0.3) is 16.9 Å². The van der Waals surface area contributed by atoms with Gasteiger partial charge in [-0.3, -0.25) is 0 Å². The Hall–Kier alpha value is -2.17. The topological polar surface area (TPSA) is 78.0 Å². The first-order chi connectivity index (χ1) is 12.5. The molecule has 2 aromatic carbocycles. The van der Waals surface area contributed by atoms with Crippen LogP contribution in [0.5, 0.6) is 0 Å². The highest BCUT2D eigenvalue weighted by Gasteiger charge is 2.35. The molecule has 0 aliphatic rings. The van der Waals surface area contributed by atoms with Crippen LogP contribution in [-0.2, 0) is 16.2 Å². The Morgan fingerprint density at radius 1 is 1.07 bits per heavy atom. The van der Waals surface area contributed by atoms with Crippen LogP contribution in [0.1, 0.15) is 11.3 Å². The number of primary sulfonamides is 1. The SMILES string of the molecule is Cc1ccc(Br)cc1-c1cc(C(F)(F)F)nn1-c1ccc(S(N)(=O)=O)cc1. The molecule has 0 spiro atoms. The van der Waals surface area contributed by atoms with Crippen LogP contribution in [0.15, 0.2) is 57.9 Å². The van der Waals surface area contributed by atoms with Crippen molar-refractivity contribution in [3.05, 3.63) is 64.3 Å². The lowest BCUT2D eigenvalue weighted by atomic mass is 10.1. The number of aryl methyl sites for hydroxylation is 1. The number of hydrogen-bond donors (Lipinski definition) is 1. The molecule has 0 aliphatic heterocycles. The van der Waals surface area contributed by atoms with E-state index < -0.39 is 21.9 Å². The van der Waals surface area contributed by atoms with Gasteiger partial charge in [-0.2, -0.15) is 18.3 Å². The molecule has 10 heteroatoms. The molecule has 3 aromatic rings. The average molecular weight is 460 g/mol. The lowest BCUT2D eigenvalue weighted by Crippen LogP contribution is -2.12. The van der Waals surface area contributed by atoms with E-state index in [2.05, 4.69) is 21.0 Å². The van der Waals surface area contributed by atoms with Crippen molar-refractivity contribution in [3.63, 3.8) is 0 Å². The first kappa shape index (κ1) is 19.6. The minimum absolute atomic E-state index is 0.144. The van der Waals surface area contributed by atoms with Gasteiger partial charge in [-0.25, -0.2) is 18.2 Å². The Balaban J connectivity index is 2.23. The number of alkyl halides is 3. The summed E-state index contributed by atoms with van der Waals surface area (Å²) in [5.74, 6) is 0. The molecule has 0 aliphatic carbocycles. The predicted octanol–water partition coefficient (Wildman–Crippen LogP) is 4.28. The van der Waals surface area contributed by atoms with E-state index >= 15 is 0 Å². The number of halogens is 4. The second kappa shape index (κ2) is 6.77. The van der Waals surface area contributed by atoms with Crippen molar-refractivity contribution < 1.29 is 21.6 Å². The Morgan fingerprint density at radius 2 is 1.70 bits per heavy atom. The number of nitrogens with two attached hydrogens (primary N) is 1. The molecule has 3 rings (SSSR count). The summed E-state index contributed by atoms with van der Waals surface area (Å²) in [6.07, 6.45) is -4.62. The second-order valence-corrected chi connectivity index (χ2v) is 8.30. The van der Waals surface area contributed by atoms with Crippen molar-refractivity contribution in [2.24, 2.45) is 5.14 Å². The van der Waals surface area contributed by atoms with E-state index in [1.807, 2.05) is 0 Å². The van der Waals surface area contributed by atoms with E-state index in [0.717, 1.165) is 16.3 Å². The molecule has 0 saturated carbocycles. The van der Waals surface area contributed by atoms with Crippen LogP contribution in [0.4, 0.5) is 13.2 Å². The van der Waals surface area contributed by atoms with Gasteiger partial charge in [0.2, 0.25) is 10.0 Å². The van der Waals surface area contributed by atoms with Gasteiger partial charge >= 0.3 is 6.18 Å². The Bertz CT molecular complexity index is 1110. The fourth-order valence-electron chi connectivity index (χ4n) is 2.56. The average Bonchev–Trinajstić information content (AvgIpc) is 3.02. The maximum atomic E-state index is 13.2. The minimum Gasteiger partial charge on any atom is -0.232 e. The monoisotopic (exact) mass is 459 g/mol. The minimum atomic E-state index is -4.62. The van der Waals surface area contributed by atoms with E-state index in [-0.39, 0.29) is 16.3 Å². The summed E-state index contributed by atoms with van der Waals surface area (Å²) in [4.78, 5) is -0.144. The molecule has 142 valence electrons. The normalized spacial score (nSPS) is 12.4. The van der Waals surface area contributed by atoms with E-state index in [1.54, 1.807) is 25.1 Å². The van der Waals surface area contributed by atoms with Crippen molar-refractivity contribution in [1.29, 1.82) is 0 Å². The number of rotatable bonds is 3. The first-order valence-electron chi connectivity index (χ1n) is 7.54. The molecular formula is C17H13BrF3N3O2S. The maximum Gasteiger partial charge on any atom is 0.435 e. The lowest BCUT2D eigenvalue weighted by Gasteiger charge is -2.11. The van der Waals surface area contributed by atoms with Crippen LogP contribution >= 0.6 is 15.9 Å². The predicted molar refractivity (Wildman–Crippen MR) is 97.8 cm³/mol. The molecule has 27 heavy (non-hydrogen) atoms. The Kier molecular flexibility index (Phi) is 4.91. The smallest absolute Gasteiger partial charge is 0.232 e. The van der Waals surface area contributed by atoms with Gasteiger partial charge in [-0.15, -0.1) is 0 Å². The Morgan fingerprint density at radius 3 is 2.26 bits per heavy atom. The van der Waals surface area contributed by atoms with Crippen LogP contribution < -0.4 is 5.14 Å². The van der Waals surface area contributed by atoms with Crippen LogP contribution in [0.3, 0.4) is 0 Å².